The zero-order valence-corrected chi connectivity index (χ0v) is 7.84. The number of rotatable bonds is 3. The van der Waals surface area contributed by atoms with Crippen LogP contribution in [0.1, 0.15) is 11.1 Å². The van der Waals surface area contributed by atoms with Gasteiger partial charge in [-0.2, -0.15) is 4.39 Å². The monoisotopic (exact) mass is 180 g/mol. The second kappa shape index (κ2) is 4.72. The van der Waals surface area contributed by atoms with Crippen LogP contribution in [0.25, 0.3) is 6.08 Å². The number of nitrogens with one attached hydrogen (secondary N) is 1. The van der Waals surface area contributed by atoms with Gasteiger partial charge in [0.15, 0.2) is 0 Å². The first-order chi connectivity index (χ1) is 6.24. The summed E-state index contributed by atoms with van der Waals surface area (Å²) in [4.78, 5) is 3.58. The molecule has 1 aromatic rings. The van der Waals surface area contributed by atoms with E-state index in [1.54, 1.807) is 0 Å². The number of halogens is 1. The van der Waals surface area contributed by atoms with Crippen molar-refractivity contribution in [3.8, 4) is 0 Å². The Morgan fingerprint density at radius 2 is 2.38 bits per heavy atom. The average molecular weight is 180 g/mol. The van der Waals surface area contributed by atoms with E-state index in [0.29, 0.717) is 0 Å². The molecule has 0 fully saturated rings. The number of likely N-dealkylation sites (N-methyl/N-ethyl adjacent to an activating group) is 1. The van der Waals surface area contributed by atoms with Crippen LogP contribution >= 0.6 is 0 Å². The molecule has 1 rings (SSSR count). The summed E-state index contributed by atoms with van der Waals surface area (Å²) in [5.74, 6) is -0.428. The molecule has 0 aliphatic carbocycles. The highest BCUT2D eigenvalue weighted by molar-refractivity contribution is 5.52. The first-order valence-electron chi connectivity index (χ1n) is 4.17. The van der Waals surface area contributed by atoms with Crippen LogP contribution in [0.2, 0.25) is 0 Å². The molecule has 70 valence electrons. The lowest BCUT2D eigenvalue weighted by Gasteiger charge is -1.98. The largest absolute Gasteiger partial charge is 0.316 e. The van der Waals surface area contributed by atoms with Crippen molar-refractivity contribution in [3.05, 3.63) is 35.4 Å². The van der Waals surface area contributed by atoms with Crippen molar-refractivity contribution in [2.75, 3.05) is 13.6 Å². The molecule has 1 N–H and O–H groups in total. The maximum absolute atomic E-state index is 12.6. The van der Waals surface area contributed by atoms with Crippen molar-refractivity contribution < 1.29 is 4.39 Å². The van der Waals surface area contributed by atoms with Crippen LogP contribution in [-0.4, -0.2) is 18.6 Å². The van der Waals surface area contributed by atoms with Gasteiger partial charge < -0.3 is 5.32 Å². The zero-order valence-electron chi connectivity index (χ0n) is 7.84. The summed E-state index contributed by atoms with van der Waals surface area (Å²) in [5.41, 5.74) is 1.86. The smallest absolute Gasteiger partial charge is 0.213 e. The van der Waals surface area contributed by atoms with Crippen molar-refractivity contribution >= 4 is 6.08 Å². The van der Waals surface area contributed by atoms with Gasteiger partial charge in [-0.25, -0.2) is 4.98 Å². The van der Waals surface area contributed by atoms with E-state index in [4.69, 9.17) is 0 Å². The number of hydrogen-bond acceptors (Lipinski definition) is 2. The van der Waals surface area contributed by atoms with Crippen LogP contribution in [-0.2, 0) is 0 Å². The molecule has 0 unspecified atom stereocenters. The Kier molecular flexibility index (Phi) is 3.58. The Labute approximate surface area is 77.5 Å². The minimum atomic E-state index is -0.428. The fourth-order valence-electron chi connectivity index (χ4n) is 1.01. The van der Waals surface area contributed by atoms with Gasteiger partial charge >= 0.3 is 0 Å². The first kappa shape index (κ1) is 9.86. The molecule has 0 atom stereocenters. The molecule has 0 saturated heterocycles. The van der Waals surface area contributed by atoms with Gasteiger partial charge in [0, 0.05) is 12.7 Å². The normalized spacial score (nSPS) is 11.0. The number of pyridine rings is 1. The van der Waals surface area contributed by atoms with Crippen LogP contribution in [0.4, 0.5) is 4.39 Å². The molecule has 0 bridgehead atoms. The Hall–Kier alpha value is -1.22. The van der Waals surface area contributed by atoms with E-state index in [0.717, 1.165) is 17.7 Å². The molecule has 2 nitrogen and oxygen atoms in total. The molecule has 0 aliphatic heterocycles. The van der Waals surface area contributed by atoms with Gasteiger partial charge in [-0.3, -0.25) is 0 Å². The Bertz CT molecular complexity index is 308. The molecule has 0 aromatic carbocycles. The quantitative estimate of drug-likeness (QED) is 0.717. The van der Waals surface area contributed by atoms with Crippen molar-refractivity contribution in [2.24, 2.45) is 0 Å². The van der Waals surface area contributed by atoms with Gasteiger partial charge in [0.25, 0.3) is 0 Å². The van der Waals surface area contributed by atoms with Gasteiger partial charge in [-0.1, -0.05) is 12.2 Å². The Morgan fingerprint density at radius 3 is 3.00 bits per heavy atom. The van der Waals surface area contributed by atoms with Gasteiger partial charge in [-0.05, 0) is 31.2 Å². The van der Waals surface area contributed by atoms with Crippen LogP contribution in [0, 0.1) is 12.9 Å². The topological polar surface area (TPSA) is 24.9 Å². The average Bonchev–Trinajstić information content (AvgIpc) is 2.09. The molecule has 1 heterocycles. The van der Waals surface area contributed by atoms with E-state index in [1.807, 2.05) is 26.1 Å². The molecular formula is C10H13FN2. The molecule has 1 aromatic heterocycles. The van der Waals surface area contributed by atoms with Crippen molar-refractivity contribution in [1.82, 2.24) is 10.3 Å². The first-order valence-corrected chi connectivity index (χ1v) is 4.17. The minimum Gasteiger partial charge on any atom is -0.316 e. The predicted octanol–water partition coefficient (Wildman–Crippen LogP) is 1.76. The highest BCUT2D eigenvalue weighted by Gasteiger charge is 1.96. The predicted molar refractivity (Wildman–Crippen MR) is 51.9 cm³/mol. The molecule has 0 amide bonds. The van der Waals surface area contributed by atoms with Gasteiger partial charge in [0.1, 0.15) is 0 Å². The fraction of sp³-hybridized carbons (Fsp3) is 0.300. The van der Waals surface area contributed by atoms with E-state index >= 15 is 0 Å². The molecule has 0 radical (unpaired) electrons. The standard InChI is InChI=1S/C10H13FN2/c1-8-6-10(11)13-7-9(8)4-3-5-12-2/h3-4,6-7,12H,5H2,1-2H3. The summed E-state index contributed by atoms with van der Waals surface area (Å²) in [7, 11) is 1.88. The van der Waals surface area contributed by atoms with Crippen LogP contribution in [0.3, 0.4) is 0 Å². The van der Waals surface area contributed by atoms with E-state index in [2.05, 4.69) is 10.3 Å². The summed E-state index contributed by atoms with van der Waals surface area (Å²) in [5, 5.41) is 2.99. The molecule has 13 heavy (non-hydrogen) atoms. The highest BCUT2D eigenvalue weighted by atomic mass is 19.1. The third kappa shape index (κ3) is 2.95. The summed E-state index contributed by atoms with van der Waals surface area (Å²) in [6.07, 6.45) is 5.44. The lowest BCUT2D eigenvalue weighted by atomic mass is 10.1. The maximum atomic E-state index is 12.6. The highest BCUT2D eigenvalue weighted by Crippen LogP contribution is 2.08. The van der Waals surface area contributed by atoms with Gasteiger partial charge in [0.05, 0.1) is 0 Å². The van der Waals surface area contributed by atoms with Crippen molar-refractivity contribution in [2.45, 2.75) is 6.92 Å². The SMILES string of the molecule is CNCC=Cc1cnc(F)cc1C. The molecule has 3 heteroatoms. The van der Waals surface area contributed by atoms with Crippen LogP contribution in [0.15, 0.2) is 18.3 Å². The number of hydrogen-bond donors (Lipinski definition) is 1. The molecular weight excluding hydrogens is 167 g/mol. The number of aromatic nitrogens is 1. The fourth-order valence-corrected chi connectivity index (χ4v) is 1.01. The summed E-state index contributed by atoms with van der Waals surface area (Å²) in [6.45, 7) is 2.67. The molecule has 0 aliphatic rings. The Morgan fingerprint density at radius 1 is 1.62 bits per heavy atom. The minimum absolute atomic E-state index is 0.428. The van der Waals surface area contributed by atoms with Gasteiger partial charge in [0.2, 0.25) is 5.95 Å². The summed E-state index contributed by atoms with van der Waals surface area (Å²) >= 11 is 0. The van der Waals surface area contributed by atoms with Crippen LogP contribution in [0.5, 0.6) is 0 Å². The molecule has 0 spiro atoms. The van der Waals surface area contributed by atoms with E-state index in [1.165, 1.54) is 12.3 Å². The van der Waals surface area contributed by atoms with E-state index in [9.17, 15) is 4.39 Å². The summed E-state index contributed by atoms with van der Waals surface area (Å²) < 4.78 is 12.6. The lowest BCUT2D eigenvalue weighted by Crippen LogP contribution is -2.03. The van der Waals surface area contributed by atoms with E-state index in [-0.39, 0.29) is 0 Å². The molecule has 0 saturated carbocycles. The number of nitrogens with zero attached hydrogens (tertiary/aromatic N) is 1. The van der Waals surface area contributed by atoms with Crippen LogP contribution < -0.4 is 5.32 Å². The maximum Gasteiger partial charge on any atom is 0.213 e. The third-order valence-electron chi connectivity index (χ3n) is 1.74. The third-order valence-corrected chi connectivity index (χ3v) is 1.74. The zero-order chi connectivity index (χ0) is 9.68. The Balaban J connectivity index is 2.77. The second-order valence-corrected chi connectivity index (χ2v) is 2.82. The summed E-state index contributed by atoms with van der Waals surface area (Å²) in [6, 6.07) is 1.43. The van der Waals surface area contributed by atoms with E-state index < -0.39 is 5.95 Å². The second-order valence-electron chi connectivity index (χ2n) is 2.82. The van der Waals surface area contributed by atoms with Gasteiger partial charge in [-0.15, -0.1) is 0 Å². The number of aryl methyl sites for hydroxylation is 1. The van der Waals surface area contributed by atoms with Crippen molar-refractivity contribution in [1.29, 1.82) is 0 Å². The van der Waals surface area contributed by atoms with Crippen molar-refractivity contribution in [3.63, 3.8) is 0 Å². The lowest BCUT2D eigenvalue weighted by molar-refractivity contribution is 0.582.